The molecule has 19 heavy (non-hydrogen) atoms. The van der Waals surface area contributed by atoms with Crippen LogP contribution in [0.4, 0.5) is 0 Å². The predicted molar refractivity (Wildman–Crippen MR) is 80.8 cm³/mol. The van der Waals surface area contributed by atoms with Gasteiger partial charge in [-0.1, -0.05) is 13.8 Å². The Morgan fingerprint density at radius 3 is 1.95 bits per heavy atom. The minimum absolute atomic E-state index is 0. The molecule has 0 aliphatic rings. The summed E-state index contributed by atoms with van der Waals surface area (Å²) in [6.07, 6.45) is 1.61. The molecule has 0 bridgehead atoms. The highest BCUT2D eigenvalue weighted by Crippen LogP contribution is 2.16. The molecule has 3 N–H and O–H groups in total. The van der Waals surface area contributed by atoms with E-state index in [9.17, 15) is 16.8 Å². The van der Waals surface area contributed by atoms with E-state index in [2.05, 4.69) is 4.72 Å². The summed E-state index contributed by atoms with van der Waals surface area (Å²) >= 11 is 0. The van der Waals surface area contributed by atoms with Gasteiger partial charge in [-0.2, -0.15) is 0 Å². The lowest BCUT2D eigenvalue weighted by atomic mass is 9.92. The summed E-state index contributed by atoms with van der Waals surface area (Å²) < 4.78 is 48.1. The van der Waals surface area contributed by atoms with Gasteiger partial charge in [-0.3, -0.25) is 0 Å². The summed E-state index contributed by atoms with van der Waals surface area (Å²) in [5.41, 5.74) is 4.87. The molecule has 0 radical (unpaired) electrons. The molecule has 0 aromatic carbocycles. The summed E-state index contributed by atoms with van der Waals surface area (Å²) in [4.78, 5) is 0. The van der Waals surface area contributed by atoms with E-state index in [1.807, 2.05) is 13.8 Å². The molecule has 1 atom stereocenters. The maximum absolute atomic E-state index is 11.8. The van der Waals surface area contributed by atoms with Crippen molar-refractivity contribution in [1.29, 1.82) is 0 Å². The Balaban J connectivity index is 0. The van der Waals surface area contributed by atoms with Gasteiger partial charge in [0.1, 0.15) is 9.84 Å². The van der Waals surface area contributed by atoms with Crippen LogP contribution in [0.15, 0.2) is 0 Å². The van der Waals surface area contributed by atoms with Crippen LogP contribution in [0.25, 0.3) is 0 Å². The van der Waals surface area contributed by atoms with Crippen LogP contribution in [0, 0.1) is 5.92 Å². The Hall–Kier alpha value is 0.110. The lowest BCUT2D eigenvalue weighted by Crippen LogP contribution is -2.53. The Morgan fingerprint density at radius 2 is 1.63 bits per heavy atom. The molecule has 0 saturated heterocycles. The van der Waals surface area contributed by atoms with Gasteiger partial charge < -0.3 is 5.73 Å². The van der Waals surface area contributed by atoms with Crippen molar-refractivity contribution in [3.8, 4) is 0 Å². The average Bonchev–Trinajstić information content (AvgIpc) is 2.12. The topological polar surface area (TPSA) is 106 Å². The minimum Gasteiger partial charge on any atom is -0.329 e. The highest BCUT2D eigenvalue weighted by atomic mass is 35.5. The minimum atomic E-state index is -3.64. The molecular formula is C10H25ClN2O4S2. The van der Waals surface area contributed by atoms with Crippen LogP contribution in [0.5, 0.6) is 0 Å². The van der Waals surface area contributed by atoms with Gasteiger partial charge in [0.05, 0.1) is 11.5 Å². The molecule has 0 rings (SSSR count). The third-order valence-corrected chi connectivity index (χ3v) is 5.18. The first kappa shape index (κ1) is 21.4. The predicted octanol–water partition coefficient (Wildman–Crippen LogP) is 0.136. The molecule has 1 unspecified atom stereocenters. The molecule has 0 aliphatic carbocycles. The number of halogens is 1. The van der Waals surface area contributed by atoms with Gasteiger partial charge in [0.25, 0.3) is 0 Å². The average molecular weight is 337 g/mol. The van der Waals surface area contributed by atoms with Crippen molar-refractivity contribution in [3.05, 3.63) is 0 Å². The van der Waals surface area contributed by atoms with E-state index in [1.165, 1.54) is 0 Å². The fourth-order valence-corrected chi connectivity index (χ4v) is 4.86. The second-order valence-electron chi connectivity index (χ2n) is 5.41. The van der Waals surface area contributed by atoms with E-state index in [1.54, 1.807) is 6.92 Å². The molecule has 0 aromatic heterocycles. The summed E-state index contributed by atoms with van der Waals surface area (Å²) in [6.45, 7) is 5.84. The standard InChI is InChI=1S/C10H24N2O4S2.ClH/c1-9(2)7-10(3,8-11)12-18(15,16)6-5-17(4,13)14;/h9,12H,5-8,11H2,1-4H3;1H. The number of hydrogen-bond donors (Lipinski definition) is 2. The molecule has 0 saturated carbocycles. The first-order valence-corrected chi connectivity index (χ1v) is 9.50. The fourth-order valence-electron chi connectivity index (χ4n) is 1.76. The van der Waals surface area contributed by atoms with Crippen LogP contribution >= 0.6 is 12.4 Å². The monoisotopic (exact) mass is 336 g/mol. The largest absolute Gasteiger partial charge is 0.329 e. The number of sulfonamides is 1. The molecule has 0 fully saturated rings. The van der Waals surface area contributed by atoms with Crippen LogP contribution in [-0.2, 0) is 19.9 Å². The number of nitrogens with one attached hydrogen (secondary N) is 1. The fraction of sp³-hybridized carbons (Fsp3) is 1.00. The van der Waals surface area contributed by atoms with Gasteiger partial charge in [-0.05, 0) is 19.3 Å². The Bertz CT molecular complexity index is 462. The van der Waals surface area contributed by atoms with E-state index in [0.29, 0.717) is 6.42 Å². The summed E-state index contributed by atoms with van der Waals surface area (Å²) in [5, 5.41) is 0. The smallest absolute Gasteiger partial charge is 0.213 e. The van der Waals surface area contributed by atoms with Crippen molar-refractivity contribution in [3.63, 3.8) is 0 Å². The van der Waals surface area contributed by atoms with E-state index in [4.69, 9.17) is 5.73 Å². The second-order valence-corrected chi connectivity index (χ2v) is 9.52. The van der Waals surface area contributed by atoms with Gasteiger partial charge >= 0.3 is 0 Å². The highest BCUT2D eigenvalue weighted by Gasteiger charge is 2.29. The maximum Gasteiger partial charge on any atom is 0.213 e. The molecule has 0 spiro atoms. The van der Waals surface area contributed by atoms with Gasteiger partial charge in [-0.25, -0.2) is 21.6 Å². The summed E-state index contributed by atoms with van der Waals surface area (Å²) in [7, 11) is -6.93. The first-order chi connectivity index (χ1) is 7.89. The Kier molecular flexibility index (Phi) is 8.76. The third-order valence-electron chi connectivity index (χ3n) is 2.43. The SMILES string of the molecule is CC(C)CC(C)(CN)NS(=O)(=O)CCS(C)(=O)=O.Cl. The van der Waals surface area contributed by atoms with Gasteiger partial charge in [0.2, 0.25) is 10.0 Å². The molecule has 118 valence electrons. The zero-order chi connectivity index (χ0) is 14.6. The number of sulfone groups is 1. The molecule has 0 amide bonds. The van der Waals surface area contributed by atoms with Crippen LogP contribution in [0.2, 0.25) is 0 Å². The summed E-state index contributed by atoms with van der Waals surface area (Å²) in [5.74, 6) is -0.527. The lowest BCUT2D eigenvalue weighted by molar-refractivity contribution is 0.344. The Labute approximate surface area is 122 Å². The molecule has 9 heteroatoms. The van der Waals surface area contributed by atoms with Crippen molar-refractivity contribution < 1.29 is 16.8 Å². The first-order valence-electron chi connectivity index (χ1n) is 5.78. The van der Waals surface area contributed by atoms with Gasteiger partial charge in [0, 0.05) is 18.3 Å². The lowest BCUT2D eigenvalue weighted by Gasteiger charge is -2.30. The molecule has 0 aromatic rings. The molecule has 0 heterocycles. The van der Waals surface area contributed by atoms with Crippen molar-refractivity contribution in [2.45, 2.75) is 32.7 Å². The zero-order valence-corrected chi connectivity index (χ0v) is 14.3. The second kappa shape index (κ2) is 7.78. The zero-order valence-electron chi connectivity index (χ0n) is 11.8. The van der Waals surface area contributed by atoms with Crippen LogP contribution in [0.3, 0.4) is 0 Å². The van der Waals surface area contributed by atoms with Crippen LogP contribution in [0.1, 0.15) is 27.2 Å². The maximum atomic E-state index is 11.8. The number of hydrogen-bond acceptors (Lipinski definition) is 5. The molecule has 0 aliphatic heterocycles. The van der Waals surface area contributed by atoms with Crippen molar-refractivity contribution in [1.82, 2.24) is 4.72 Å². The van der Waals surface area contributed by atoms with Gasteiger partial charge in [0.15, 0.2) is 0 Å². The van der Waals surface area contributed by atoms with Crippen molar-refractivity contribution in [2.24, 2.45) is 11.7 Å². The van der Waals surface area contributed by atoms with Crippen LogP contribution < -0.4 is 10.5 Å². The van der Waals surface area contributed by atoms with Crippen molar-refractivity contribution >= 4 is 32.3 Å². The molecular weight excluding hydrogens is 312 g/mol. The number of nitrogens with two attached hydrogens (primary N) is 1. The van der Waals surface area contributed by atoms with E-state index in [-0.39, 0.29) is 30.6 Å². The third kappa shape index (κ3) is 10.5. The summed E-state index contributed by atoms with van der Waals surface area (Å²) in [6, 6.07) is 0. The normalized spacial score (nSPS) is 15.9. The highest BCUT2D eigenvalue weighted by molar-refractivity contribution is 7.93. The van der Waals surface area contributed by atoms with E-state index >= 15 is 0 Å². The van der Waals surface area contributed by atoms with E-state index < -0.39 is 31.2 Å². The van der Waals surface area contributed by atoms with E-state index in [0.717, 1.165) is 6.26 Å². The molecule has 6 nitrogen and oxygen atoms in total. The Morgan fingerprint density at radius 1 is 1.16 bits per heavy atom. The number of rotatable bonds is 8. The quantitative estimate of drug-likeness (QED) is 0.655. The van der Waals surface area contributed by atoms with Crippen molar-refractivity contribution in [2.75, 3.05) is 24.3 Å². The van der Waals surface area contributed by atoms with Crippen LogP contribution in [-0.4, -0.2) is 46.7 Å². The van der Waals surface area contributed by atoms with Gasteiger partial charge in [-0.15, -0.1) is 12.4 Å².